The Morgan fingerprint density at radius 2 is 2.27 bits per heavy atom. The summed E-state index contributed by atoms with van der Waals surface area (Å²) in [5.41, 5.74) is 0.436. The largest absolute Gasteiger partial charge is 0.377 e. The number of aromatic nitrogens is 1. The molecule has 0 aliphatic carbocycles. The Kier molecular flexibility index (Phi) is 4.44. The fraction of sp³-hybridized carbons (Fsp3) is 0.375. The minimum atomic E-state index is -0.459. The summed E-state index contributed by atoms with van der Waals surface area (Å²) >= 11 is 3.22. The molecule has 0 bridgehead atoms. The van der Waals surface area contributed by atoms with E-state index in [4.69, 9.17) is 0 Å². The van der Waals surface area contributed by atoms with Crippen LogP contribution in [0.4, 0.5) is 11.4 Å². The minimum Gasteiger partial charge on any atom is -0.377 e. The SMILES string of the molecule is CNCCNc1c(Br)cncc1[N+](=O)[O-]. The predicted molar refractivity (Wildman–Crippen MR) is 61.0 cm³/mol. The Hall–Kier alpha value is -1.21. The number of nitrogens with zero attached hydrogens (tertiary/aromatic N) is 2. The molecule has 1 rings (SSSR count). The lowest BCUT2D eigenvalue weighted by atomic mass is 10.3. The molecule has 82 valence electrons. The van der Waals surface area contributed by atoms with Gasteiger partial charge in [-0.2, -0.15) is 0 Å². The van der Waals surface area contributed by atoms with Crippen LogP contribution >= 0.6 is 15.9 Å². The number of hydrogen-bond acceptors (Lipinski definition) is 5. The summed E-state index contributed by atoms with van der Waals surface area (Å²) in [6, 6.07) is 0. The van der Waals surface area contributed by atoms with Crippen LogP contribution in [0.1, 0.15) is 0 Å². The van der Waals surface area contributed by atoms with E-state index in [2.05, 4.69) is 31.5 Å². The molecule has 0 spiro atoms. The van der Waals surface area contributed by atoms with Gasteiger partial charge in [0.1, 0.15) is 11.9 Å². The van der Waals surface area contributed by atoms with Crippen LogP contribution in [0.5, 0.6) is 0 Å². The molecule has 0 unspecified atom stereocenters. The molecule has 0 saturated carbocycles. The van der Waals surface area contributed by atoms with Gasteiger partial charge in [-0.25, -0.2) is 0 Å². The molecule has 2 N–H and O–H groups in total. The molecule has 0 amide bonds. The molecule has 0 atom stereocenters. The van der Waals surface area contributed by atoms with Crippen molar-refractivity contribution in [3.8, 4) is 0 Å². The molecule has 7 heteroatoms. The summed E-state index contributed by atoms with van der Waals surface area (Å²) < 4.78 is 0.591. The number of rotatable bonds is 5. The van der Waals surface area contributed by atoms with Gasteiger partial charge < -0.3 is 10.6 Å². The summed E-state index contributed by atoms with van der Waals surface area (Å²) in [7, 11) is 1.82. The van der Waals surface area contributed by atoms with Gasteiger partial charge in [0.2, 0.25) is 0 Å². The van der Waals surface area contributed by atoms with E-state index in [1.807, 2.05) is 7.05 Å². The number of anilines is 1. The van der Waals surface area contributed by atoms with Gasteiger partial charge in [-0.15, -0.1) is 0 Å². The molecule has 1 heterocycles. The second kappa shape index (κ2) is 5.62. The van der Waals surface area contributed by atoms with Crippen molar-refractivity contribution in [2.75, 3.05) is 25.5 Å². The summed E-state index contributed by atoms with van der Waals surface area (Å²) in [6.45, 7) is 1.34. The minimum absolute atomic E-state index is 0.0273. The van der Waals surface area contributed by atoms with Crippen LogP contribution in [-0.4, -0.2) is 30.0 Å². The first kappa shape index (κ1) is 11.9. The highest BCUT2D eigenvalue weighted by atomic mass is 79.9. The first-order valence-corrected chi connectivity index (χ1v) is 5.12. The van der Waals surface area contributed by atoms with Gasteiger partial charge in [0.25, 0.3) is 0 Å². The first-order valence-electron chi connectivity index (χ1n) is 4.33. The highest BCUT2D eigenvalue weighted by Gasteiger charge is 2.16. The van der Waals surface area contributed by atoms with E-state index in [-0.39, 0.29) is 5.69 Å². The van der Waals surface area contributed by atoms with Crippen molar-refractivity contribution in [2.45, 2.75) is 0 Å². The Bertz CT molecular complexity index is 358. The molecule has 1 aromatic rings. The van der Waals surface area contributed by atoms with Crippen molar-refractivity contribution in [3.05, 3.63) is 27.0 Å². The van der Waals surface area contributed by atoms with Gasteiger partial charge in [-0.1, -0.05) is 0 Å². The van der Waals surface area contributed by atoms with Gasteiger partial charge in [-0.3, -0.25) is 15.1 Å². The number of halogens is 1. The smallest absolute Gasteiger partial charge is 0.311 e. The van der Waals surface area contributed by atoms with Crippen molar-refractivity contribution in [3.63, 3.8) is 0 Å². The van der Waals surface area contributed by atoms with Crippen LogP contribution in [-0.2, 0) is 0 Å². The topological polar surface area (TPSA) is 80.1 Å². The first-order chi connectivity index (χ1) is 7.16. The number of likely N-dealkylation sites (N-methyl/N-ethyl adjacent to an activating group) is 1. The van der Waals surface area contributed by atoms with Crippen molar-refractivity contribution < 1.29 is 4.92 Å². The second-order valence-corrected chi connectivity index (χ2v) is 3.66. The van der Waals surface area contributed by atoms with Crippen LogP contribution in [0.15, 0.2) is 16.9 Å². The van der Waals surface area contributed by atoms with Gasteiger partial charge in [0.15, 0.2) is 0 Å². The van der Waals surface area contributed by atoms with Gasteiger partial charge in [0, 0.05) is 19.3 Å². The van der Waals surface area contributed by atoms with E-state index in [1.54, 1.807) is 0 Å². The predicted octanol–water partition coefficient (Wildman–Crippen LogP) is 1.38. The monoisotopic (exact) mass is 274 g/mol. The Morgan fingerprint density at radius 3 is 2.87 bits per heavy atom. The quantitative estimate of drug-likeness (QED) is 0.482. The molecular weight excluding hydrogens is 264 g/mol. The second-order valence-electron chi connectivity index (χ2n) is 2.80. The van der Waals surface area contributed by atoms with E-state index in [0.717, 1.165) is 6.54 Å². The molecule has 0 aromatic carbocycles. The fourth-order valence-corrected chi connectivity index (χ4v) is 1.51. The van der Waals surface area contributed by atoms with Crippen LogP contribution in [0.2, 0.25) is 0 Å². The lowest BCUT2D eigenvalue weighted by molar-refractivity contribution is -0.384. The van der Waals surface area contributed by atoms with Crippen molar-refractivity contribution in [1.82, 2.24) is 10.3 Å². The maximum atomic E-state index is 10.7. The van der Waals surface area contributed by atoms with Gasteiger partial charge in [-0.05, 0) is 23.0 Å². The lowest BCUT2D eigenvalue weighted by Crippen LogP contribution is -2.18. The summed E-state index contributed by atoms with van der Waals surface area (Å²) in [5, 5.41) is 16.6. The highest BCUT2D eigenvalue weighted by molar-refractivity contribution is 9.10. The summed E-state index contributed by atoms with van der Waals surface area (Å²) in [5.74, 6) is 0. The van der Waals surface area contributed by atoms with Crippen molar-refractivity contribution >= 4 is 27.3 Å². The van der Waals surface area contributed by atoms with Crippen LogP contribution in [0.3, 0.4) is 0 Å². The zero-order valence-electron chi connectivity index (χ0n) is 8.16. The average molecular weight is 275 g/mol. The van der Waals surface area contributed by atoms with Crippen molar-refractivity contribution in [1.29, 1.82) is 0 Å². The molecule has 0 saturated heterocycles. The maximum Gasteiger partial charge on any atom is 0.311 e. The van der Waals surface area contributed by atoms with E-state index in [9.17, 15) is 10.1 Å². The Labute approximate surface area is 95.4 Å². The molecular formula is C8H11BrN4O2. The number of nitro groups is 1. The standard InChI is InChI=1S/C8H11BrN4O2/c1-10-2-3-12-8-6(9)4-11-5-7(8)13(14)15/h4-5,10H,2-3H2,1H3,(H,11,12). The summed E-state index contributed by atoms with van der Waals surface area (Å²) in [4.78, 5) is 14.0. The third kappa shape index (κ3) is 3.14. The van der Waals surface area contributed by atoms with E-state index >= 15 is 0 Å². The summed E-state index contributed by atoms with van der Waals surface area (Å²) in [6.07, 6.45) is 2.75. The molecule has 1 aromatic heterocycles. The van der Waals surface area contributed by atoms with E-state index in [0.29, 0.717) is 16.7 Å². The third-order valence-corrected chi connectivity index (χ3v) is 2.35. The highest BCUT2D eigenvalue weighted by Crippen LogP contribution is 2.30. The number of nitrogens with one attached hydrogen (secondary N) is 2. The molecule has 0 aliphatic heterocycles. The normalized spacial score (nSPS) is 10.0. The van der Waals surface area contributed by atoms with Crippen LogP contribution in [0, 0.1) is 10.1 Å². The number of pyridine rings is 1. The van der Waals surface area contributed by atoms with Gasteiger partial charge >= 0.3 is 5.69 Å². The Morgan fingerprint density at radius 1 is 1.53 bits per heavy atom. The maximum absolute atomic E-state index is 10.7. The zero-order valence-corrected chi connectivity index (χ0v) is 9.74. The van der Waals surface area contributed by atoms with E-state index < -0.39 is 4.92 Å². The van der Waals surface area contributed by atoms with Gasteiger partial charge in [0.05, 0.1) is 9.40 Å². The van der Waals surface area contributed by atoms with Crippen LogP contribution < -0.4 is 10.6 Å². The average Bonchev–Trinajstić information content (AvgIpc) is 2.20. The zero-order chi connectivity index (χ0) is 11.3. The lowest BCUT2D eigenvalue weighted by Gasteiger charge is -2.07. The fourth-order valence-electron chi connectivity index (χ4n) is 1.05. The molecule has 0 fully saturated rings. The van der Waals surface area contributed by atoms with E-state index in [1.165, 1.54) is 12.4 Å². The Balaban J connectivity index is 2.87. The van der Waals surface area contributed by atoms with Crippen LogP contribution in [0.25, 0.3) is 0 Å². The third-order valence-electron chi connectivity index (χ3n) is 1.75. The molecule has 0 radical (unpaired) electrons. The van der Waals surface area contributed by atoms with Crippen molar-refractivity contribution in [2.24, 2.45) is 0 Å². The number of hydrogen-bond donors (Lipinski definition) is 2. The molecule has 15 heavy (non-hydrogen) atoms. The molecule has 6 nitrogen and oxygen atoms in total. The molecule has 0 aliphatic rings.